The number of rotatable bonds is 5. The summed E-state index contributed by atoms with van der Waals surface area (Å²) in [5.74, 6) is -0.0135. The van der Waals surface area contributed by atoms with Crippen molar-refractivity contribution in [1.82, 2.24) is 15.3 Å². The zero-order chi connectivity index (χ0) is 14.6. The maximum absolute atomic E-state index is 14.3. The van der Waals surface area contributed by atoms with Crippen LogP contribution in [0.4, 0.5) is 10.2 Å². The molecule has 0 saturated heterocycles. The summed E-state index contributed by atoms with van der Waals surface area (Å²) in [6.45, 7) is 7.16. The normalized spacial score (nSPS) is 11.6. The molecule has 2 heterocycles. The first-order valence-electron chi connectivity index (χ1n) is 6.45. The van der Waals surface area contributed by atoms with Gasteiger partial charge in [-0.1, -0.05) is 0 Å². The summed E-state index contributed by atoms with van der Waals surface area (Å²) < 4.78 is 14.3. The average molecular weight is 294 g/mol. The van der Waals surface area contributed by atoms with Gasteiger partial charge in [0.1, 0.15) is 0 Å². The highest BCUT2D eigenvalue weighted by Gasteiger charge is 2.13. The Kier molecular flexibility index (Phi) is 4.67. The molecule has 0 unspecified atom stereocenters. The summed E-state index contributed by atoms with van der Waals surface area (Å²) in [5.41, 5.74) is 2.32. The van der Waals surface area contributed by atoms with Gasteiger partial charge in [0, 0.05) is 34.9 Å². The van der Waals surface area contributed by atoms with Gasteiger partial charge >= 0.3 is 0 Å². The second kappa shape index (κ2) is 6.28. The molecule has 0 aliphatic heterocycles. The second-order valence-electron chi connectivity index (χ2n) is 5.56. The quantitative estimate of drug-likeness (QED) is 0.889. The maximum Gasteiger partial charge on any atom is 0.169 e. The van der Waals surface area contributed by atoms with Crippen molar-refractivity contribution in [2.24, 2.45) is 0 Å². The smallest absolute Gasteiger partial charge is 0.169 e. The van der Waals surface area contributed by atoms with E-state index in [9.17, 15) is 4.39 Å². The van der Waals surface area contributed by atoms with Crippen LogP contribution in [0.2, 0.25) is 0 Å². The second-order valence-corrected chi connectivity index (χ2v) is 6.53. The lowest BCUT2D eigenvalue weighted by Crippen LogP contribution is -2.35. The molecule has 108 valence electrons. The van der Waals surface area contributed by atoms with Gasteiger partial charge in [-0.2, -0.15) is 0 Å². The number of thiazole rings is 1. The summed E-state index contributed by atoms with van der Waals surface area (Å²) in [4.78, 5) is 9.08. The van der Waals surface area contributed by atoms with Crippen LogP contribution >= 0.6 is 11.3 Å². The van der Waals surface area contributed by atoms with E-state index in [0.717, 1.165) is 4.88 Å². The predicted octanol–water partition coefficient (Wildman–Crippen LogP) is 3.18. The lowest BCUT2D eigenvalue weighted by atomic mass is 10.1. The number of pyridine rings is 1. The highest BCUT2D eigenvalue weighted by molar-refractivity contribution is 7.09. The molecule has 6 heteroatoms. The molecule has 0 aliphatic rings. The first-order chi connectivity index (χ1) is 9.46. The fourth-order valence-electron chi connectivity index (χ4n) is 1.60. The molecule has 0 bridgehead atoms. The van der Waals surface area contributed by atoms with Crippen molar-refractivity contribution in [3.63, 3.8) is 0 Å². The third-order valence-electron chi connectivity index (χ3n) is 2.69. The Balaban J connectivity index is 2.03. The summed E-state index contributed by atoms with van der Waals surface area (Å²) in [6.07, 6.45) is 3.39. The third-order valence-corrected chi connectivity index (χ3v) is 3.47. The topological polar surface area (TPSA) is 49.8 Å². The number of nitrogens with one attached hydrogen (secondary N) is 2. The SMILES string of the molecule is CC(C)(C)NCc1ccnc(NCc2cncs2)c1F. The van der Waals surface area contributed by atoms with Crippen molar-refractivity contribution >= 4 is 17.2 Å². The molecule has 0 saturated carbocycles. The van der Waals surface area contributed by atoms with Gasteiger partial charge in [-0.25, -0.2) is 9.37 Å². The molecule has 4 nitrogen and oxygen atoms in total. The average Bonchev–Trinajstić information content (AvgIpc) is 2.88. The minimum Gasteiger partial charge on any atom is -0.363 e. The minimum absolute atomic E-state index is 0.0497. The standard InChI is InChI=1S/C14H19FN4S/c1-14(2,3)19-6-10-4-5-17-13(12(10)15)18-8-11-7-16-9-20-11/h4-5,7,9,19H,6,8H2,1-3H3,(H,17,18). The molecular weight excluding hydrogens is 275 g/mol. The monoisotopic (exact) mass is 294 g/mol. The van der Waals surface area contributed by atoms with E-state index in [2.05, 4.69) is 41.4 Å². The molecule has 0 atom stereocenters. The number of hydrogen-bond donors (Lipinski definition) is 2. The number of halogens is 1. The van der Waals surface area contributed by atoms with Crippen LogP contribution in [0.1, 0.15) is 31.2 Å². The molecule has 2 rings (SSSR count). The molecule has 0 fully saturated rings. The first kappa shape index (κ1) is 14.9. The van der Waals surface area contributed by atoms with Crippen LogP contribution in [0, 0.1) is 5.82 Å². The fourth-order valence-corrected chi connectivity index (χ4v) is 2.14. The van der Waals surface area contributed by atoms with Crippen LogP contribution in [0.25, 0.3) is 0 Å². The number of aromatic nitrogens is 2. The van der Waals surface area contributed by atoms with E-state index in [-0.39, 0.29) is 17.2 Å². The zero-order valence-electron chi connectivity index (χ0n) is 11.9. The van der Waals surface area contributed by atoms with Gasteiger partial charge in [0.25, 0.3) is 0 Å². The number of nitrogens with zero attached hydrogens (tertiary/aromatic N) is 2. The highest BCUT2D eigenvalue weighted by Crippen LogP contribution is 2.17. The summed E-state index contributed by atoms with van der Waals surface area (Å²) >= 11 is 1.53. The van der Waals surface area contributed by atoms with Crippen LogP contribution < -0.4 is 10.6 Å². The first-order valence-corrected chi connectivity index (χ1v) is 7.33. The summed E-state index contributed by atoms with van der Waals surface area (Å²) in [5, 5.41) is 6.28. The van der Waals surface area contributed by atoms with Crippen molar-refractivity contribution in [2.75, 3.05) is 5.32 Å². The Bertz CT molecular complexity index is 549. The van der Waals surface area contributed by atoms with Crippen molar-refractivity contribution in [3.05, 3.63) is 40.2 Å². The van der Waals surface area contributed by atoms with Crippen molar-refractivity contribution in [3.8, 4) is 0 Å². The van der Waals surface area contributed by atoms with Gasteiger partial charge < -0.3 is 10.6 Å². The van der Waals surface area contributed by atoms with Crippen molar-refractivity contribution in [2.45, 2.75) is 39.4 Å². The van der Waals surface area contributed by atoms with Crippen LogP contribution in [0.3, 0.4) is 0 Å². The highest BCUT2D eigenvalue weighted by atomic mass is 32.1. The van der Waals surface area contributed by atoms with Crippen molar-refractivity contribution in [1.29, 1.82) is 0 Å². The summed E-state index contributed by atoms with van der Waals surface area (Å²) in [6, 6.07) is 1.70. The fraction of sp³-hybridized carbons (Fsp3) is 0.429. The van der Waals surface area contributed by atoms with E-state index in [4.69, 9.17) is 0 Å². The van der Waals surface area contributed by atoms with Crippen LogP contribution in [-0.4, -0.2) is 15.5 Å². The zero-order valence-corrected chi connectivity index (χ0v) is 12.7. The Labute approximate surface area is 122 Å². The van der Waals surface area contributed by atoms with Crippen LogP contribution in [0.15, 0.2) is 24.0 Å². The van der Waals surface area contributed by atoms with E-state index in [1.165, 1.54) is 11.3 Å². The lowest BCUT2D eigenvalue weighted by molar-refractivity contribution is 0.418. The largest absolute Gasteiger partial charge is 0.363 e. The van der Waals surface area contributed by atoms with Gasteiger partial charge in [0.05, 0.1) is 12.1 Å². The van der Waals surface area contributed by atoms with Crippen LogP contribution in [-0.2, 0) is 13.1 Å². The van der Waals surface area contributed by atoms with E-state index >= 15 is 0 Å². The summed E-state index contributed by atoms with van der Waals surface area (Å²) in [7, 11) is 0. The van der Waals surface area contributed by atoms with Gasteiger partial charge in [0.2, 0.25) is 0 Å². The molecular formula is C14H19FN4S. The predicted molar refractivity (Wildman–Crippen MR) is 80.2 cm³/mol. The molecule has 20 heavy (non-hydrogen) atoms. The Morgan fingerprint density at radius 3 is 2.75 bits per heavy atom. The minimum atomic E-state index is -0.297. The Hall–Kier alpha value is -1.53. The third kappa shape index (κ3) is 4.25. The lowest BCUT2D eigenvalue weighted by Gasteiger charge is -2.21. The van der Waals surface area contributed by atoms with E-state index in [1.807, 2.05) is 0 Å². The van der Waals surface area contributed by atoms with Crippen molar-refractivity contribution < 1.29 is 4.39 Å². The van der Waals surface area contributed by atoms with E-state index in [0.29, 0.717) is 18.7 Å². The van der Waals surface area contributed by atoms with Gasteiger partial charge in [-0.3, -0.25) is 4.98 Å². The van der Waals surface area contributed by atoms with Gasteiger partial charge in [-0.05, 0) is 26.8 Å². The maximum atomic E-state index is 14.3. The molecule has 0 aromatic carbocycles. The molecule has 0 radical (unpaired) electrons. The molecule has 2 aromatic rings. The number of hydrogen-bond acceptors (Lipinski definition) is 5. The van der Waals surface area contributed by atoms with E-state index < -0.39 is 0 Å². The molecule has 0 spiro atoms. The number of anilines is 1. The van der Waals surface area contributed by atoms with Gasteiger partial charge in [-0.15, -0.1) is 11.3 Å². The Morgan fingerprint density at radius 2 is 2.10 bits per heavy atom. The molecule has 0 amide bonds. The van der Waals surface area contributed by atoms with Crippen LogP contribution in [0.5, 0.6) is 0 Å². The Morgan fingerprint density at radius 1 is 1.30 bits per heavy atom. The van der Waals surface area contributed by atoms with Gasteiger partial charge in [0.15, 0.2) is 11.6 Å². The molecule has 0 aliphatic carbocycles. The molecule has 2 aromatic heterocycles. The van der Waals surface area contributed by atoms with E-state index in [1.54, 1.807) is 24.0 Å². The molecule has 2 N–H and O–H groups in total.